The van der Waals surface area contributed by atoms with Crippen LogP contribution < -0.4 is 9.47 Å². The predicted octanol–water partition coefficient (Wildman–Crippen LogP) is 3.48. The van der Waals surface area contributed by atoms with Crippen molar-refractivity contribution < 1.29 is 19.0 Å². The first-order valence-corrected chi connectivity index (χ1v) is 10.2. The van der Waals surface area contributed by atoms with Gasteiger partial charge in [0.05, 0.1) is 24.2 Å². The molecule has 4 rings (SSSR count). The zero-order valence-corrected chi connectivity index (χ0v) is 17.3. The van der Waals surface area contributed by atoms with E-state index in [-0.39, 0.29) is 24.2 Å². The van der Waals surface area contributed by atoms with Crippen LogP contribution in [0.2, 0.25) is 0 Å². The fourth-order valence-corrected chi connectivity index (χ4v) is 4.58. The van der Waals surface area contributed by atoms with Gasteiger partial charge in [0.2, 0.25) is 0 Å². The Bertz CT molecular complexity index is 882. The number of thioether (sulfide) groups is 1. The second kappa shape index (κ2) is 7.64. The SMILES string of the molecule is COc1cccc2c1OC(C)C(C=C1SC(N3CC(C)OC(C)C3)=NC1=O)=C2. The van der Waals surface area contributed by atoms with Crippen LogP contribution in [0.4, 0.5) is 0 Å². The highest BCUT2D eigenvalue weighted by atomic mass is 32.2. The molecule has 0 aromatic heterocycles. The number of aliphatic imine (C=N–C) groups is 1. The van der Waals surface area contributed by atoms with Crippen LogP contribution in [-0.2, 0) is 9.53 Å². The van der Waals surface area contributed by atoms with Gasteiger partial charge < -0.3 is 19.1 Å². The lowest BCUT2D eigenvalue weighted by atomic mass is 10.0. The molecule has 28 heavy (non-hydrogen) atoms. The van der Waals surface area contributed by atoms with Crippen LogP contribution in [-0.4, -0.2) is 54.5 Å². The van der Waals surface area contributed by atoms with Crippen LogP contribution >= 0.6 is 11.8 Å². The Morgan fingerprint density at radius 3 is 2.71 bits per heavy atom. The summed E-state index contributed by atoms with van der Waals surface area (Å²) in [6.07, 6.45) is 4.00. The van der Waals surface area contributed by atoms with Crippen LogP contribution in [0.3, 0.4) is 0 Å². The summed E-state index contributed by atoms with van der Waals surface area (Å²) in [7, 11) is 1.63. The molecule has 148 valence electrons. The molecular formula is C21H24N2O4S. The van der Waals surface area contributed by atoms with Crippen LogP contribution in [0.1, 0.15) is 26.3 Å². The van der Waals surface area contributed by atoms with Gasteiger partial charge in [-0.15, -0.1) is 0 Å². The number of methoxy groups -OCH3 is 1. The summed E-state index contributed by atoms with van der Waals surface area (Å²) in [6, 6.07) is 5.78. The summed E-state index contributed by atoms with van der Waals surface area (Å²) in [6.45, 7) is 7.53. The Morgan fingerprint density at radius 1 is 1.25 bits per heavy atom. The molecule has 0 radical (unpaired) electrons. The van der Waals surface area contributed by atoms with E-state index in [2.05, 4.69) is 9.89 Å². The average Bonchev–Trinajstić information content (AvgIpc) is 3.02. The summed E-state index contributed by atoms with van der Waals surface area (Å²) in [5.41, 5.74) is 1.88. The third kappa shape index (κ3) is 3.69. The minimum atomic E-state index is -0.198. The number of rotatable bonds is 2. The maximum atomic E-state index is 12.5. The maximum absolute atomic E-state index is 12.5. The molecule has 1 aromatic carbocycles. The minimum Gasteiger partial charge on any atom is -0.493 e. The highest BCUT2D eigenvalue weighted by Crippen LogP contribution is 2.39. The van der Waals surface area contributed by atoms with Gasteiger partial charge in [-0.05, 0) is 56.3 Å². The van der Waals surface area contributed by atoms with Gasteiger partial charge in [-0.3, -0.25) is 4.79 Å². The average molecular weight is 401 g/mol. The van der Waals surface area contributed by atoms with E-state index >= 15 is 0 Å². The number of fused-ring (bicyclic) bond motifs is 1. The Labute approximate surface area is 169 Å². The summed E-state index contributed by atoms with van der Waals surface area (Å²) in [5, 5.41) is 0.755. The summed E-state index contributed by atoms with van der Waals surface area (Å²) >= 11 is 1.42. The van der Waals surface area contributed by atoms with Gasteiger partial charge in [0.15, 0.2) is 16.7 Å². The number of amidine groups is 1. The molecule has 1 aromatic rings. The van der Waals surface area contributed by atoms with Crippen LogP contribution in [0.5, 0.6) is 11.5 Å². The standard InChI is InChI=1S/C21H24N2O4S/c1-12-10-23(11-13(2)26-12)21-22-20(24)18(28-21)9-16-8-15-6-5-7-17(25-4)19(15)27-14(16)3/h5-9,12-14H,10-11H2,1-4H3. The van der Waals surface area contributed by atoms with E-state index in [1.54, 1.807) is 7.11 Å². The molecule has 0 bridgehead atoms. The Kier molecular flexibility index (Phi) is 5.21. The van der Waals surface area contributed by atoms with Gasteiger partial charge in [-0.2, -0.15) is 4.99 Å². The maximum Gasteiger partial charge on any atom is 0.286 e. The molecule has 1 saturated heterocycles. The first kappa shape index (κ1) is 19.1. The zero-order chi connectivity index (χ0) is 19.8. The lowest BCUT2D eigenvalue weighted by Crippen LogP contribution is -2.47. The van der Waals surface area contributed by atoms with Crippen molar-refractivity contribution in [2.45, 2.75) is 39.1 Å². The van der Waals surface area contributed by atoms with Gasteiger partial charge >= 0.3 is 0 Å². The number of morpholine rings is 1. The lowest BCUT2D eigenvalue weighted by molar-refractivity contribution is -0.113. The summed E-state index contributed by atoms with van der Waals surface area (Å²) in [4.78, 5) is 19.5. The van der Waals surface area contributed by atoms with Crippen molar-refractivity contribution in [2.24, 2.45) is 4.99 Å². The van der Waals surface area contributed by atoms with Crippen molar-refractivity contribution in [3.63, 3.8) is 0 Å². The molecule has 6 nitrogen and oxygen atoms in total. The number of ether oxygens (including phenoxy) is 3. The Balaban J connectivity index is 1.56. The van der Waals surface area contributed by atoms with Crippen molar-refractivity contribution in [3.8, 4) is 11.5 Å². The number of hydrogen-bond donors (Lipinski definition) is 0. The Hall–Kier alpha value is -2.25. The molecule has 0 saturated carbocycles. The van der Waals surface area contributed by atoms with Gasteiger partial charge in [0.1, 0.15) is 6.10 Å². The molecule has 3 unspecified atom stereocenters. The highest BCUT2D eigenvalue weighted by Gasteiger charge is 2.32. The quantitative estimate of drug-likeness (QED) is 0.709. The van der Waals surface area contributed by atoms with Crippen molar-refractivity contribution in [2.75, 3.05) is 20.2 Å². The largest absolute Gasteiger partial charge is 0.493 e. The molecule has 0 N–H and O–H groups in total. The summed E-state index contributed by atoms with van der Waals surface area (Å²) in [5.74, 6) is 1.24. The topological polar surface area (TPSA) is 60.4 Å². The molecule has 3 heterocycles. The van der Waals surface area contributed by atoms with E-state index in [9.17, 15) is 4.79 Å². The van der Waals surface area contributed by atoms with Gasteiger partial charge in [-0.1, -0.05) is 12.1 Å². The molecule has 1 amide bonds. The number of carbonyl (C=O) groups is 1. The van der Waals surface area contributed by atoms with E-state index in [1.807, 2.05) is 51.1 Å². The zero-order valence-electron chi connectivity index (χ0n) is 16.5. The van der Waals surface area contributed by atoms with Gasteiger partial charge in [0, 0.05) is 18.7 Å². The molecule has 0 spiro atoms. The second-order valence-corrected chi connectivity index (χ2v) is 8.26. The van der Waals surface area contributed by atoms with E-state index in [0.717, 1.165) is 35.1 Å². The smallest absolute Gasteiger partial charge is 0.286 e. The summed E-state index contributed by atoms with van der Waals surface area (Å²) < 4.78 is 17.2. The number of para-hydroxylation sites is 1. The number of nitrogens with zero attached hydrogens (tertiary/aromatic N) is 2. The number of benzene rings is 1. The third-order valence-corrected chi connectivity index (χ3v) is 5.96. The minimum absolute atomic E-state index is 0.121. The van der Waals surface area contributed by atoms with Gasteiger partial charge in [-0.25, -0.2) is 0 Å². The van der Waals surface area contributed by atoms with E-state index < -0.39 is 0 Å². The van der Waals surface area contributed by atoms with E-state index in [0.29, 0.717) is 10.7 Å². The molecule has 3 aliphatic rings. The van der Waals surface area contributed by atoms with E-state index in [1.165, 1.54) is 11.8 Å². The van der Waals surface area contributed by atoms with Crippen LogP contribution in [0.25, 0.3) is 6.08 Å². The van der Waals surface area contributed by atoms with Crippen molar-refractivity contribution in [1.82, 2.24) is 4.90 Å². The van der Waals surface area contributed by atoms with Crippen molar-refractivity contribution in [1.29, 1.82) is 0 Å². The van der Waals surface area contributed by atoms with Gasteiger partial charge in [0.25, 0.3) is 5.91 Å². The molecule has 3 atom stereocenters. The van der Waals surface area contributed by atoms with Crippen LogP contribution in [0.15, 0.2) is 39.7 Å². The monoisotopic (exact) mass is 400 g/mol. The molecule has 0 aliphatic carbocycles. The number of hydrogen-bond acceptors (Lipinski definition) is 6. The Morgan fingerprint density at radius 2 is 2.00 bits per heavy atom. The number of amides is 1. The normalized spacial score (nSPS) is 28.6. The van der Waals surface area contributed by atoms with Crippen molar-refractivity contribution in [3.05, 3.63) is 40.3 Å². The van der Waals surface area contributed by atoms with Crippen molar-refractivity contribution >= 4 is 28.9 Å². The molecular weight excluding hydrogens is 376 g/mol. The first-order chi connectivity index (χ1) is 13.4. The second-order valence-electron chi connectivity index (χ2n) is 7.26. The molecule has 7 heteroatoms. The fourth-order valence-electron chi connectivity index (χ4n) is 3.65. The van der Waals surface area contributed by atoms with Crippen LogP contribution in [0, 0.1) is 0 Å². The predicted molar refractivity (Wildman–Crippen MR) is 111 cm³/mol. The number of carbonyl (C=O) groups excluding carboxylic acids is 1. The molecule has 1 fully saturated rings. The van der Waals surface area contributed by atoms with E-state index in [4.69, 9.17) is 14.2 Å². The fraction of sp³-hybridized carbons (Fsp3) is 0.429. The third-order valence-electron chi connectivity index (χ3n) is 4.91. The first-order valence-electron chi connectivity index (χ1n) is 9.43. The molecule has 3 aliphatic heterocycles. The lowest BCUT2D eigenvalue weighted by Gasteiger charge is -2.35. The highest BCUT2D eigenvalue weighted by molar-refractivity contribution is 8.18.